The van der Waals surface area contributed by atoms with Crippen LogP contribution in [-0.4, -0.2) is 51.1 Å². The van der Waals surface area contributed by atoms with Crippen LogP contribution in [0.5, 0.6) is 5.75 Å². The third-order valence-electron chi connectivity index (χ3n) is 4.18. The van der Waals surface area contributed by atoms with Gasteiger partial charge in [-0.05, 0) is 26.5 Å². The van der Waals surface area contributed by atoms with Crippen LogP contribution in [0.3, 0.4) is 0 Å². The molecule has 0 aromatic heterocycles. The molecule has 2 N–H and O–H groups in total. The molecule has 3 atom stereocenters. The zero-order valence-electron chi connectivity index (χ0n) is 12.8. The summed E-state index contributed by atoms with van der Waals surface area (Å²) in [7, 11) is 0.675. The SMILES string of the molecule is COc1ccccc1C(C(C)N)N(C)C1CCS(=O)(=O)C1. The number of hydrogen-bond acceptors (Lipinski definition) is 5. The minimum Gasteiger partial charge on any atom is -0.496 e. The number of methoxy groups -OCH3 is 1. The van der Waals surface area contributed by atoms with E-state index in [0.29, 0.717) is 6.42 Å². The molecule has 3 unspecified atom stereocenters. The molecular weight excluding hydrogens is 288 g/mol. The van der Waals surface area contributed by atoms with Crippen molar-refractivity contribution in [2.75, 3.05) is 25.7 Å². The van der Waals surface area contributed by atoms with Gasteiger partial charge < -0.3 is 10.5 Å². The van der Waals surface area contributed by atoms with E-state index in [4.69, 9.17) is 10.5 Å². The van der Waals surface area contributed by atoms with Gasteiger partial charge in [-0.2, -0.15) is 0 Å². The van der Waals surface area contributed by atoms with Gasteiger partial charge in [0.05, 0.1) is 24.7 Å². The molecule has 1 heterocycles. The largest absolute Gasteiger partial charge is 0.496 e. The number of ether oxygens (including phenoxy) is 1. The summed E-state index contributed by atoms with van der Waals surface area (Å²) in [5, 5.41) is 0. The molecular formula is C15H24N2O3S. The Labute approximate surface area is 127 Å². The smallest absolute Gasteiger partial charge is 0.151 e. The number of benzene rings is 1. The lowest BCUT2D eigenvalue weighted by molar-refractivity contribution is 0.165. The molecule has 2 rings (SSSR count). The number of sulfone groups is 1. The zero-order valence-corrected chi connectivity index (χ0v) is 13.6. The molecule has 1 aromatic rings. The van der Waals surface area contributed by atoms with E-state index in [9.17, 15) is 8.42 Å². The highest BCUT2D eigenvalue weighted by Crippen LogP contribution is 2.33. The predicted molar refractivity (Wildman–Crippen MR) is 84.2 cm³/mol. The van der Waals surface area contributed by atoms with Crippen molar-refractivity contribution in [3.63, 3.8) is 0 Å². The van der Waals surface area contributed by atoms with Crippen molar-refractivity contribution < 1.29 is 13.2 Å². The molecule has 0 saturated carbocycles. The van der Waals surface area contributed by atoms with Gasteiger partial charge in [0.1, 0.15) is 5.75 Å². The molecule has 0 amide bonds. The van der Waals surface area contributed by atoms with Crippen molar-refractivity contribution in [1.29, 1.82) is 0 Å². The minimum absolute atomic E-state index is 0.0101. The van der Waals surface area contributed by atoms with E-state index >= 15 is 0 Å². The van der Waals surface area contributed by atoms with E-state index in [-0.39, 0.29) is 29.6 Å². The molecule has 5 nitrogen and oxygen atoms in total. The normalized spacial score (nSPS) is 24.0. The van der Waals surface area contributed by atoms with E-state index in [1.807, 2.05) is 38.2 Å². The Bertz CT molecular complexity index is 586. The fourth-order valence-electron chi connectivity index (χ4n) is 3.11. The number of hydrogen-bond donors (Lipinski definition) is 1. The Morgan fingerprint density at radius 3 is 2.57 bits per heavy atom. The Morgan fingerprint density at radius 1 is 1.38 bits per heavy atom. The van der Waals surface area contributed by atoms with Crippen LogP contribution in [0.15, 0.2) is 24.3 Å². The van der Waals surface area contributed by atoms with Crippen molar-refractivity contribution in [2.24, 2.45) is 5.73 Å². The number of para-hydroxylation sites is 1. The molecule has 21 heavy (non-hydrogen) atoms. The maximum absolute atomic E-state index is 11.7. The van der Waals surface area contributed by atoms with Gasteiger partial charge in [-0.1, -0.05) is 18.2 Å². The molecule has 1 fully saturated rings. The lowest BCUT2D eigenvalue weighted by atomic mass is 9.97. The summed E-state index contributed by atoms with van der Waals surface area (Å²) in [5.41, 5.74) is 7.18. The van der Waals surface area contributed by atoms with Crippen LogP contribution in [0.1, 0.15) is 24.9 Å². The number of nitrogens with zero attached hydrogens (tertiary/aromatic N) is 1. The van der Waals surface area contributed by atoms with E-state index in [1.165, 1.54) is 0 Å². The topological polar surface area (TPSA) is 72.6 Å². The molecule has 0 radical (unpaired) electrons. The lowest BCUT2D eigenvalue weighted by Crippen LogP contribution is -2.43. The maximum atomic E-state index is 11.7. The van der Waals surface area contributed by atoms with Crippen LogP contribution in [0, 0.1) is 0 Å². The van der Waals surface area contributed by atoms with Crippen LogP contribution in [0.2, 0.25) is 0 Å². The Kier molecular flexibility index (Phi) is 4.91. The van der Waals surface area contributed by atoms with Crippen LogP contribution in [0.25, 0.3) is 0 Å². The van der Waals surface area contributed by atoms with Crippen molar-refractivity contribution in [3.8, 4) is 5.75 Å². The average molecular weight is 312 g/mol. The first-order valence-electron chi connectivity index (χ1n) is 7.16. The Balaban J connectivity index is 2.31. The van der Waals surface area contributed by atoms with E-state index in [2.05, 4.69) is 4.90 Å². The first-order chi connectivity index (χ1) is 9.85. The van der Waals surface area contributed by atoms with Crippen molar-refractivity contribution in [2.45, 2.75) is 31.5 Å². The van der Waals surface area contributed by atoms with Crippen LogP contribution in [-0.2, 0) is 9.84 Å². The summed E-state index contributed by atoms with van der Waals surface area (Å²) in [6.07, 6.45) is 0.664. The number of nitrogens with two attached hydrogens (primary N) is 1. The van der Waals surface area contributed by atoms with Gasteiger partial charge in [-0.25, -0.2) is 8.42 Å². The molecule has 6 heteroatoms. The fourth-order valence-corrected chi connectivity index (χ4v) is 4.89. The monoisotopic (exact) mass is 312 g/mol. The number of likely N-dealkylation sites (N-methyl/N-ethyl adjacent to an activating group) is 1. The second-order valence-electron chi connectivity index (χ2n) is 5.77. The predicted octanol–water partition coefficient (Wildman–Crippen LogP) is 1.20. The molecule has 1 aliphatic rings. The zero-order chi connectivity index (χ0) is 15.6. The van der Waals surface area contributed by atoms with E-state index < -0.39 is 9.84 Å². The first kappa shape index (κ1) is 16.3. The van der Waals surface area contributed by atoms with Gasteiger partial charge >= 0.3 is 0 Å². The molecule has 1 aliphatic heterocycles. The molecule has 1 saturated heterocycles. The standard InChI is InChI=1S/C15H24N2O3S/c1-11(16)15(13-6-4-5-7-14(13)20-3)17(2)12-8-9-21(18,19)10-12/h4-7,11-12,15H,8-10,16H2,1-3H3. The molecule has 0 spiro atoms. The highest BCUT2D eigenvalue weighted by atomic mass is 32.2. The third-order valence-corrected chi connectivity index (χ3v) is 5.93. The average Bonchev–Trinajstić information content (AvgIpc) is 2.79. The quantitative estimate of drug-likeness (QED) is 0.884. The fraction of sp³-hybridized carbons (Fsp3) is 0.600. The summed E-state index contributed by atoms with van der Waals surface area (Å²) in [6.45, 7) is 1.94. The summed E-state index contributed by atoms with van der Waals surface area (Å²) in [4.78, 5) is 2.09. The summed E-state index contributed by atoms with van der Waals surface area (Å²) >= 11 is 0. The van der Waals surface area contributed by atoms with E-state index in [1.54, 1.807) is 7.11 Å². The van der Waals surface area contributed by atoms with Gasteiger partial charge in [0, 0.05) is 17.6 Å². The Hall–Kier alpha value is -1.11. The highest BCUT2D eigenvalue weighted by Gasteiger charge is 2.36. The minimum atomic E-state index is -2.91. The second kappa shape index (κ2) is 6.34. The molecule has 1 aromatic carbocycles. The number of rotatable bonds is 5. The second-order valence-corrected chi connectivity index (χ2v) is 8.00. The highest BCUT2D eigenvalue weighted by molar-refractivity contribution is 7.91. The van der Waals surface area contributed by atoms with Crippen LogP contribution < -0.4 is 10.5 Å². The van der Waals surface area contributed by atoms with Gasteiger partial charge in [0.2, 0.25) is 0 Å². The summed E-state index contributed by atoms with van der Waals surface area (Å²) in [5.74, 6) is 1.26. The van der Waals surface area contributed by atoms with Gasteiger partial charge in [-0.3, -0.25) is 4.90 Å². The van der Waals surface area contributed by atoms with Crippen molar-refractivity contribution in [3.05, 3.63) is 29.8 Å². The molecule has 0 bridgehead atoms. The lowest BCUT2D eigenvalue weighted by Gasteiger charge is -2.36. The van der Waals surface area contributed by atoms with Crippen molar-refractivity contribution >= 4 is 9.84 Å². The Morgan fingerprint density at radius 2 is 2.05 bits per heavy atom. The van der Waals surface area contributed by atoms with E-state index in [0.717, 1.165) is 11.3 Å². The summed E-state index contributed by atoms with van der Waals surface area (Å²) < 4.78 is 28.9. The van der Waals surface area contributed by atoms with Gasteiger partial charge in [0.15, 0.2) is 9.84 Å². The maximum Gasteiger partial charge on any atom is 0.151 e. The van der Waals surface area contributed by atoms with Crippen LogP contribution in [0.4, 0.5) is 0 Å². The van der Waals surface area contributed by atoms with Gasteiger partial charge in [-0.15, -0.1) is 0 Å². The molecule has 0 aliphatic carbocycles. The third kappa shape index (κ3) is 3.56. The molecule has 118 valence electrons. The van der Waals surface area contributed by atoms with Crippen molar-refractivity contribution in [1.82, 2.24) is 4.90 Å². The first-order valence-corrected chi connectivity index (χ1v) is 8.98. The van der Waals surface area contributed by atoms with Gasteiger partial charge in [0.25, 0.3) is 0 Å². The van der Waals surface area contributed by atoms with Crippen LogP contribution >= 0.6 is 0 Å². The summed E-state index contributed by atoms with van der Waals surface area (Å²) in [6, 6.07) is 7.58.